The molecule has 1 unspecified atom stereocenters. The molecule has 1 aliphatic rings. The van der Waals surface area contributed by atoms with Crippen LogP contribution in [0.2, 0.25) is 11.6 Å². The highest BCUT2D eigenvalue weighted by atomic mass is 28.3. The van der Waals surface area contributed by atoms with Gasteiger partial charge in [-0.1, -0.05) is 58.8 Å². The third-order valence-corrected chi connectivity index (χ3v) is 7.61. The van der Waals surface area contributed by atoms with E-state index in [1.165, 1.54) is 64.2 Å². The molecule has 1 saturated carbocycles. The third kappa shape index (κ3) is 5.44. The van der Waals surface area contributed by atoms with Gasteiger partial charge in [0.15, 0.2) is 0 Å². The molecule has 1 aliphatic carbocycles. The maximum atomic E-state index is 6.37. The molecule has 107 valence electrons. The van der Waals surface area contributed by atoms with Gasteiger partial charge in [0.2, 0.25) is 9.04 Å². The minimum absolute atomic E-state index is 0.486. The molecule has 0 amide bonds. The molecule has 0 bridgehead atoms. The van der Waals surface area contributed by atoms with E-state index in [1.807, 2.05) is 0 Å². The van der Waals surface area contributed by atoms with E-state index in [0.29, 0.717) is 11.1 Å². The quantitative estimate of drug-likeness (QED) is 0.405. The Morgan fingerprint density at radius 3 is 2.39 bits per heavy atom. The second-order valence-corrected chi connectivity index (χ2v) is 9.01. The SMILES string of the molecule is CCCCCCC(C)O[Si](C)C1(C)CCCCC1. The summed E-state index contributed by atoms with van der Waals surface area (Å²) in [6.07, 6.45) is 14.3. The fourth-order valence-electron chi connectivity index (χ4n) is 3.05. The molecule has 0 spiro atoms. The Bertz CT molecular complexity index is 211. The topological polar surface area (TPSA) is 9.23 Å². The van der Waals surface area contributed by atoms with Crippen molar-refractivity contribution in [2.75, 3.05) is 0 Å². The number of hydrogen-bond donors (Lipinski definition) is 0. The zero-order chi connectivity index (χ0) is 13.4. The minimum Gasteiger partial charge on any atom is -0.414 e. The molecular weight excluding hydrogens is 236 g/mol. The van der Waals surface area contributed by atoms with E-state index >= 15 is 0 Å². The standard InChI is InChI=1S/C16H33OSi/c1-5-6-7-9-12-15(2)17-18(4)16(3)13-10-8-11-14-16/h15H,5-14H2,1-4H3. The Hall–Kier alpha value is 0.177. The molecular formula is C16H33OSi. The van der Waals surface area contributed by atoms with Crippen LogP contribution in [0.4, 0.5) is 0 Å². The highest BCUT2D eigenvalue weighted by Crippen LogP contribution is 2.45. The molecule has 18 heavy (non-hydrogen) atoms. The van der Waals surface area contributed by atoms with Crippen molar-refractivity contribution in [2.24, 2.45) is 0 Å². The largest absolute Gasteiger partial charge is 0.414 e. The van der Waals surface area contributed by atoms with Crippen LogP contribution in [0.5, 0.6) is 0 Å². The Balaban J connectivity index is 2.23. The molecule has 0 N–H and O–H groups in total. The Labute approximate surface area is 116 Å². The lowest BCUT2D eigenvalue weighted by atomic mass is 9.90. The van der Waals surface area contributed by atoms with E-state index in [0.717, 1.165) is 0 Å². The molecule has 1 atom stereocenters. The predicted molar refractivity (Wildman–Crippen MR) is 82.4 cm³/mol. The fraction of sp³-hybridized carbons (Fsp3) is 1.00. The molecule has 1 radical (unpaired) electrons. The summed E-state index contributed by atoms with van der Waals surface area (Å²) in [7, 11) is -0.630. The smallest absolute Gasteiger partial charge is 0.214 e. The molecule has 0 aromatic carbocycles. The maximum absolute atomic E-state index is 6.37. The Morgan fingerprint density at radius 1 is 1.11 bits per heavy atom. The summed E-state index contributed by atoms with van der Waals surface area (Å²) >= 11 is 0. The Morgan fingerprint density at radius 2 is 1.78 bits per heavy atom. The van der Waals surface area contributed by atoms with Gasteiger partial charge in [0.1, 0.15) is 0 Å². The van der Waals surface area contributed by atoms with Crippen molar-refractivity contribution < 1.29 is 4.43 Å². The number of rotatable bonds is 8. The molecule has 0 saturated heterocycles. The fourth-order valence-corrected chi connectivity index (χ4v) is 5.11. The molecule has 2 heteroatoms. The van der Waals surface area contributed by atoms with Gasteiger partial charge in [-0.05, 0) is 37.8 Å². The summed E-state index contributed by atoms with van der Waals surface area (Å²) in [6, 6.07) is 0. The van der Waals surface area contributed by atoms with Crippen molar-refractivity contribution in [3.63, 3.8) is 0 Å². The summed E-state index contributed by atoms with van der Waals surface area (Å²) in [4.78, 5) is 0. The Kier molecular flexibility index (Phi) is 7.55. The summed E-state index contributed by atoms with van der Waals surface area (Å²) in [5, 5.41) is 0.542. The van der Waals surface area contributed by atoms with Crippen molar-refractivity contribution >= 4 is 9.04 Å². The molecule has 1 fully saturated rings. The van der Waals surface area contributed by atoms with Crippen LogP contribution in [0, 0.1) is 0 Å². The van der Waals surface area contributed by atoms with Crippen LogP contribution in [0.15, 0.2) is 0 Å². The van der Waals surface area contributed by atoms with E-state index in [2.05, 4.69) is 27.3 Å². The lowest BCUT2D eigenvalue weighted by molar-refractivity contribution is 0.187. The molecule has 0 heterocycles. The van der Waals surface area contributed by atoms with Gasteiger partial charge in [0, 0.05) is 6.10 Å². The molecule has 0 aromatic rings. The van der Waals surface area contributed by atoms with Crippen molar-refractivity contribution in [2.45, 2.75) is 103 Å². The van der Waals surface area contributed by atoms with Gasteiger partial charge in [0.05, 0.1) is 0 Å². The molecule has 1 rings (SSSR count). The first kappa shape index (κ1) is 16.2. The van der Waals surface area contributed by atoms with Crippen LogP contribution < -0.4 is 0 Å². The van der Waals surface area contributed by atoms with Crippen LogP contribution in [-0.2, 0) is 4.43 Å². The van der Waals surface area contributed by atoms with Crippen LogP contribution in [-0.4, -0.2) is 15.1 Å². The average molecular weight is 270 g/mol. The van der Waals surface area contributed by atoms with Gasteiger partial charge in [-0.2, -0.15) is 0 Å². The summed E-state index contributed by atoms with van der Waals surface area (Å²) in [5.74, 6) is 0. The maximum Gasteiger partial charge on any atom is 0.214 e. The highest BCUT2D eigenvalue weighted by molar-refractivity contribution is 6.54. The first-order chi connectivity index (χ1) is 8.58. The van der Waals surface area contributed by atoms with Gasteiger partial charge >= 0.3 is 0 Å². The zero-order valence-electron chi connectivity index (χ0n) is 13.1. The van der Waals surface area contributed by atoms with E-state index in [4.69, 9.17) is 4.43 Å². The number of hydrogen-bond acceptors (Lipinski definition) is 1. The van der Waals surface area contributed by atoms with Gasteiger partial charge in [0.25, 0.3) is 0 Å². The summed E-state index contributed by atoms with van der Waals surface area (Å²) in [5.41, 5.74) is 0. The van der Waals surface area contributed by atoms with E-state index in [1.54, 1.807) is 0 Å². The van der Waals surface area contributed by atoms with Crippen LogP contribution in [0.1, 0.15) is 85.0 Å². The van der Waals surface area contributed by atoms with Crippen LogP contribution in [0.25, 0.3) is 0 Å². The first-order valence-electron chi connectivity index (χ1n) is 8.09. The van der Waals surface area contributed by atoms with E-state index in [-0.39, 0.29) is 0 Å². The molecule has 1 nitrogen and oxygen atoms in total. The average Bonchev–Trinajstić information content (AvgIpc) is 2.35. The van der Waals surface area contributed by atoms with E-state index in [9.17, 15) is 0 Å². The van der Waals surface area contributed by atoms with Crippen molar-refractivity contribution in [3.05, 3.63) is 0 Å². The second kappa shape index (κ2) is 8.37. The first-order valence-corrected chi connectivity index (χ1v) is 10.00. The second-order valence-electron chi connectivity index (χ2n) is 6.46. The summed E-state index contributed by atoms with van der Waals surface area (Å²) < 4.78 is 6.37. The van der Waals surface area contributed by atoms with Crippen LogP contribution >= 0.6 is 0 Å². The molecule has 0 aromatic heterocycles. The zero-order valence-corrected chi connectivity index (χ0v) is 14.1. The lowest BCUT2D eigenvalue weighted by Crippen LogP contribution is -2.35. The van der Waals surface area contributed by atoms with Crippen molar-refractivity contribution in [3.8, 4) is 0 Å². The summed E-state index contributed by atoms with van der Waals surface area (Å²) in [6.45, 7) is 9.44. The number of unbranched alkanes of at least 4 members (excludes halogenated alkanes) is 3. The van der Waals surface area contributed by atoms with Gasteiger partial charge < -0.3 is 4.43 Å². The van der Waals surface area contributed by atoms with Crippen molar-refractivity contribution in [1.29, 1.82) is 0 Å². The molecule has 0 aliphatic heterocycles. The highest BCUT2D eigenvalue weighted by Gasteiger charge is 2.36. The van der Waals surface area contributed by atoms with Crippen LogP contribution in [0.3, 0.4) is 0 Å². The third-order valence-electron chi connectivity index (χ3n) is 4.65. The predicted octanol–water partition coefficient (Wildman–Crippen LogP) is 5.71. The lowest BCUT2D eigenvalue weighted by Gasteiger charge is -2.38. The van der Waals surface area contributed by atoms with E-state index < -0.39 is 9.04 Å². The van der Waals surface area contributed by atoms with Gasteiger partial charge in [-0.3, -0.25) is 0 Å². The normalized spacial score (nSPS) is 21.2. The minimum atomic E-state index is -0.630. The van der Waals surface area contributed by atoms with Crippen molar-refractivity contribution in [1.82, 2.24) is 0 Å². The van der Waals surface area contributed by atoms with Gasteiger partial charge in [-0.25, -0.2) is 0 Å². The monoisotopic (exact) mass is 269 g/mol. The van der Waals surface area contributed by atoms with Gasteiger partial charge in [-0.15, -0.1) is 0 Å².